The van der Waals surface area contributed by atoms with E-state index in [2.05, 4.69) is 10.3 Å². The van der Waals surface area contributed by atoms with Crippen LogP contribution in [0, 0.1) is 0 Å². The Hall–Kier alpha value is -4.37. The number of carbonyl (C=O) groups excluding carboxylic acids is 2. The lowest BCUT2D eigenvalue weighted by Gasteiger charge is -2.32. The Bertz CT molecular complexity index is 1680. The number of Topliss-reactive ketones (excluding diaryl/α,β-unsaturated/α-hetero) is 1. The number of hydrogen-bond acceptors (Lipinski definition) is 7. The summed E-state index contributed by atoms with van der Waals surface area (Å²) in [6, 6.07) is 16.3. The van der Waals surface area contributed by atoms with E-state index in [1.807, 2.05) is 53.1 Å². The molecule has 3 aliphatic rings. The Kier molecular flexibility index (Phi) is 6.59. The second-order valence-corrected chi connectivity index (χ2v) is 10.7. The van der Waals surface area contributed by atoms with E-state index < -0.39 is 5.97 Å². The molecule has 1 fully saturated rings. The van der Waals surface area contributed by atoms with Crippen molar-refractivity contribution >= 4 is 28.5 Å². The zero-order chi connectivity index (χ0) is 27.9. The molecule has 2 atom stereocenters. The lowest BCUT2D eigenvalue weighted by atomic mass is 9.76. The fourth-order valence-corrected chi connectivity index (χ4v) is 6.31. The van der Waals surface area contributed by atoms with Crippen LogP contribution in [0.15, 0.2) is 66.0 Å². The predicted octanol–water partition coefficient (Wildman–Crippen LogP) is 6.60. The van der Waals surface area contributed by atoms with Crippen LogP contribution in [-0.2, 0) is 14.3 Å². The molecule has 1 saturated heterocycles. The third kappa shape index (κ3) is 4.50. The van der Waals surface area contributed by atoms with Crippen LogP contribution in [-0.4, -0.2) is 39.5 Å². The topological polar surface area (TPSA) is 107 Å². The van der Waals surface area contributed by atoms with Crippen LogP contribution in [0.2, 0.25) is 0 Å². The van der Waals surface area contributed by atoms with Crippen molar-refractivity contribution in [2.75, 3.05) is 18.5 Å². The van der Waals surface area contributed by atoms with Crippen molar-refractivity contribution in [1.82, 2.24) is 14.5 Å². The van der Waals surface area contributed by atoms with Crippen molar-refractivity contribution in [3.63, 3.8) is 0 Å². The number of hydrogen-bond donors (Lipinski definition) is 2. The number of aromatic nitrogens is 3. The van der Waals surface area contributed by atoms with Crippen LogP contribution in [0.3, 0.4) is 0 Å². The number of benzene rings is 2. The highest BCUT2D eigenvalue weighted by Gasteiger charge is 2.38. The number of aromatic amines is 1. The van der Waals surface area contributed by atoms with Gasteiger partial charge in [-0.15, -0.1) is 0 Å². The van der Waals surface area contributed by atoms with E-state index in [-0.39, 0.29) is 24.5 Å². The minimum absolute atomic E-state index is 0.121. The Balaban J connectivity index is 1.29. The summed E-state index contributed by atoms with van der Waals surface area (Å²) in [5, 5.41) is 3.40. The van der Waals surface area contributed by atoms with Crippen LogP contribution in [0.1, 0.15) is 79.2 Å². The van der Waals surface area contributed by atoms with Crippen molar-refractivity contribution in [2.24, 2.45) is 0 Å². The van der Waals surface area contributed by atoms with Gasteiger partial charge in [-0.05, 0) is 68.9 Å². The molecule has 9 heteroatoms. The van der Waals surface area contributed by atoms with Crippen molar-refractivity contribution < 1.29 is 23.8 Å². The first-order valence-corrected chi connectivity index (χ1v) is 14.4. The SMILES string of the molecule is CCOC(=O)c1[nH]cc2c1NC1=C(C(=O)CCC1)C2c1cccc(Oc2nc3ccccc3n2C2CCCCO2)c1. The third-order valence-electron chi connectivity index (χ3n) is 8.13. The third-order valence-corrected chi connectivity index (χ3v) is 8.13. The lowest BCUT2D eigenvalue weighted by molar-refractivity contribution is -0.116. The first-order chi connectivity index (χ1) is 20.1. The molecule has 9 nitrogen and oxygen atoms in total. The van der Waals surface area contributed by atoms with Gasteiger partial charge in [0, 0.05) is 42.0 Å². The molecule has 210 valence electrons. The number of para-hydroxylation sites is 2. The molecule has 1 aliphatic carbocycles. The van der Waals surface area contributed by atoms with Gasteiger partial charge in [-0.3, -0.25) is 9.36 Å². The van der Waals surface area contributed by atoms with E-state index in [0.717, 1.165) is 65.5 Å². The minimum atomic E-state index is -0.424. The standard InChI is InChI=1S/C32H32N4O5/c1-2-39-31(38)30-29-21(18-33-30)27(28-23(34-29)12-8-14-25(28)37)19-9-7-10-20(17-19)41-32-35-22-11-3-4-13-24(22)36(32)26-15-5-6-16-40-26/h3-4,7,9-11,13,17-18,26-27,33-34H,2,5-6,8,12,14-16H2,1H3. The summed E-state index contributed by atoms with van der Waals surface area (Å²) in [4.78, 5) is 33.9. The predicted molar refractivity (Wildman–Crippen MR) is 153 cm³/mol. The number of ether oxygens (including phenoxy) is 3. The molecule has 0 bridgehead atoms. The number of H-pyrrole nitrogens is 1. The second kappa shape index (κ2) is 10.6. The fraction of sp³-hybridized carbons (Fsp3) is 0.344. The van der Waals surface area contributed by atoms with E-state index in [4.69, 9.17) is 19.2 Å². The van der Waals surface area contributed by atoms with Gasteiger partial charge in [0.05, 0.1) is 23.3 Å². The molecule has 0 saturated carbocycles. The molecular formula is C32H32N4O5. The number of allylic oxidation sites excluding steroid dienone is 2. The molecule has 2 aromatic carbocycles. The first-order valence-electron chi connectivity index (χ1n) is 14.4. The Morgan fingerprint density at radius 3 is 2.88 bits per heavy atom. The zero-order valence-corrected chi connectivity index (χ0v) is 22.9. The number of anilines is 1. The normalized spacial score (nSPS) is 20.4. The van der Waals surface area contributed by atoms with E-state index in [9.17, 15) is 9.59 Å². The van der Waals surface area contributed by atoms with Gasteiger partial charge in [0.25, 0.3) is 0 Å². The molecule has 2 aliphatic heterocycles. The van der Waals surface area contributed by atoms with E-state index in [1.54, 1.807) is 13.1 Å². The molecule has 2 aromatic heterocycles. The molecule has 2 N–H and O–H groups in total. The smallest absolute Gasteiger partial charge is 0.356 e. The maximum atomic E-state index is 13.3. The van der Waals surface area contributed by atoms with Crippen LogP contribution in [0.4, 0.5) is 5.69 Å². The quantitative estimate of drug-likeness (QED) is 0.260. The first kappa shape index (κ1) is 25.6. The van der Waals surface area contributed by atoms with Crippen LogP contribution >= 0.6 is 0 Å². The monoisotopic (exact) mass is 552 g/mol. The number of carbonyl (C=O) groups is 2. The van der Waals surface area contributed by atoms with Gasteiger partial charge in [0.2, 0.25) is 0 Å². The largest absolute Gasteiger partial charge is 0.461 e. The Morgan fingerprint density at radius 2 is 2.02 bits per heavy atom. The van der Waals surface area contributed by atoms with Crippen molar-refractivity contribution in [3.8, 4) is 11.8 Å². The van der Waals surface area contributed by atoms with E-state index >= 15 is 0 Å². The molecule has 41 heavy (non-hydrogen) atoms. The van der Waals surface area contributed by atoms with Crippen molar-refractivity contribution in [1.29, 1.82) is 0 Å². The Morgan fingerprint density at radius 1 is 1.12 bits per heavy atom. The van der Waals surface area contributed by atoms with E-state index in [1.165, 1.54) is 0 Å². The molecule has 0 spiro atoms. The minimum Gasteiger partial charge on any atom is -0.461 e. The van der Waals surface area contributed by atoms with Crippen LogP contribution < -0.4 is 10.1 Å². The maximum Gasteiger partial charge on any atom is 0.356 e. The average molecular weight is 553 g/mol. The summed E-state index contributed by atoms with van der Waals surface area (Å²) < 4.78 is 19.9. The van der Waals surface area contributed by atoms with Crippen molar-refractivity contribution in [2.45, 2.75) is 57.6 Å². The number of ketones is 1. The Labute approximate surface area is 237 Å². The average Bonchev–Trinajstić information content (AvgIpc) is 3.58. The van der Waals surface area contributed by atoms with Gasteiger partial charge in [-0.25, -0.2) is 4.79 Å². The number of imidazole rings is 1. The van der Waals surface area contributed by atoms with Gasteiger partial charge in [0.15, 0.2) is 5.78 Å². The summed E-state index contributed by atoms with van der Waals surface area (Å²) in [6.07, 6.45) is 6.70. The van der Waals surface area contributed by atoms with Gasteiger partial charge < -0.3 is 24.5 Å². The molecule has 0 amide bonds. The van der Waals surface area contributed by atoms with Crippen LogP contribution in [0.25, 0.3) is 11.0 Å². The second-order valence-electron chi connectivity index (χ2n) is 10.7. The van der Waals surface area contributed by atoms with E-state index in [0.29, 0.717) is 36.2 Å². The molecule has 4 heterocycles. The molecule has 4 aromatic rings. The van der Waals surface area contributed by atoms with Gasteiger partial charge in [0.1, 0.15) is 17.7 Å². The maximum absolute atomic E-state index is 13.3. The molecular weight excluding hydrogens is 520 g/mol. The highest BCUT2D eigenvalue weighted by molar-refractivity contribution is 6.03. The summed E-state index contributed by atoms with van der Waals surface area (Å²) in [7, 11) is 0. The van der Waals surface area contributed by atoms with Gasteiger partial charge in [-0.1, -0.05) is 24.3 Å². The molecule has 7 rings (SSSR count). The van der Waals surface area contributed by atoms with Gasteiger partial charge >= 0.3 is 12.0 Å². The number of esters is 1. The molecule has 0 radical (unpaired) electrons. The van der Waals surface area contributed by atoms with Crippen LogP contribution in [0.5, 0.6) is 11.8 Å². The summed E-state index contributed by atoms with van der Waals surface area (Å²) >= 11 is 0. The number of nitrogens with one attached hydrogen (secondary N) is 2. The summed E-state index contributed by atoms with van der Waals surface area (Å²) in [5.41, 5.74) is 6.20. The summed E-state index contributed by atoms with van der Waals surface area (Å²) in [5.74, 6) is -0.0398. The van der Waals surface area contributed by atoms with Gasteiger partial charge in [-0.2, -0.15) is 4.98 Å². The molecule has 2 unspecified atom stereocenters. The number of nitrogens with zero attached hydrogens (tertiary/aromatic N) is 2. The fourth-order valence-electron chi connectivity index (χ4n) is 6.31. The van der Waals surface area contributed by atoms with Crippen molar-refractivity contribution in [3.05, 3.63) is 82.8 Å². The highest BCUT2D eigenvalue weighted by atomic mass is 16.5. The highest BCUT2D eigenvalue weighted by Crippen LogP contribution is 2.47. The number of rotatable bonds is 6. The zero-order valence-electron chi connectivity index (χ0n) is 22.9. The lowest BCUT2D eigenvalue weighted by Crippen LogP contribution is -2.27. The summed E-state index contributed by atoms with van der Waals surface area (Å²) in [6.45, 7) is 2.77. The number of fused-ring (bicyclic) bond motifs is 2.